The van der Waals surface area contributed by atoms with E-state index in [9.17, 15) is 0 Å². The van der Waals surface area contributed by atoms with E-state index in [4.69, 9.17) is 15.2 Å². The zero-order chi connectivity index (χ0) is 14.7. The minimum absolute atomic E-state index is 0.0802. The largest absolute Gasteiger partial charge is 0.490 e. The van der Waals surface area contributed by atoms with E-state index in [1.165, 1.54) is 38.5 Å². The zero-order valence-corrected chi connectivity index (χ0v) is 13.0. The van der Waals surface area contributed by atoms with Crippen LogP contribution in [0.25, 0.3) is 0 Å². The molecule has 3 nitrogen and oxygen atoms in total. The van der Waals surface area contributed by atoms with E-state index < -0.39 is 0 Å². The Bertz CT molecular complexity index is 462. The van der Waals surface area contributed by atoms with E-state index in [1.54, 1.807) is 0 Å². The van der Waals surface area contributed by atoms with Crippen molar-refractivity contribution in [3.05, 3.63) is 29.8 Å². The van der Waals surface area contributed by atoms with E-state index in [0.717, 1.165) is 24.2 Å². The summed E-state index contributed by atoms with van der Waals surface area (Å²) in [5, 5.41) is 0. The van der Waals surface area contributed by atoms with Crippen LogP contribution in [-0.4, -0.2) is 18.8 Å². The highest BCUT2D eigenvalue weighted by atomic mass is 16.5. The quantitative estimate of drug-likeness (QED) is 0.834. The van der Waals surface area contributed by atoms with Gasteiger partial charge in [0.1, 0.15) is 5.75 Å². The van der Waals surface area contributed by atoms with Crippen LogP contribution in [0, 0.1) is 0 Å². The van der Waals surface area contributed by atoms with E-state index in [0.29, 0.717) is 6.10 Å². The molecule has 3 rings (SSSR count). The van der Waals surface area contributed by atoms with Crippen molar-refractivity contribution in [2.24, 2.45) is 5.73 Å². The molecule has 0 radical (unpaired) electrons. The zero-order valence-electron chi connectivity index (χ0n) is 13.0. The number of hydrogen-bond donors (Lipinski definition) is 1. The minimum Gasteiger partial charge on any atom is -0.490 e. The first-order valence-electron chi connectivity index (χ1n) is 8.31. The predicted octanol–water partition coefficient (Wildman–Crippen LogP) is 3.97. The van der Waals surface area contributed by atoms with Gasteiger partial charge in [-0.25, -0.2) is 0 Å². The molecule has 3 heteroatoms. The number of ether oxygens (including phenoxy) is 2. The molecule has 116 valence electrons. The van der Waals surface area contributed by atoms with Crippen LogP contribution in [0.3, 0.4) is 0 Å². The Kier molecular flexibility index (Phi) is 4.51. The molecule has 1 unspecified atom stereocenters. The first-order chi connectivity index (χ1) is 10.2. The molecular formula is C18H27NO2. The maximum Gasteiger partial charge on any atom is 0.120 e. The van der Waals surface area contributed by atoms with Crippen molar-refractivity contribution in [2.45, 2.75) is 69.1 Å². The Balaban J connectivity index is 1.79. The van der Waals surface area contributed by atoms with Gasteiger partial charge in [0.25, 0.3) is 0 Å². The lowest BCUT2D eigenvalue weighted by Gasteiger charge is -2.37. The second-order valence-electron chi connectivity index (χ2n) is 6.55. The predicted molar refractivity (Wildman–Crippen MR) is 84.5 cm³/mol. The molecule has 2 saturated carbocycles. The first-order valence-corrected chi connectivity index (χ1v) is 8.31. The number of hydrogen-bond acceptors (Lipinski definition) is 3. The van der Waals surface area contributed by atoms with Crippen LogP contribution >= 0.6 is 0 Å². The van der Waals surface area contributed by atoms with E-state index >= 15 is 0 Å². The summed E-state index contributed by atoms with van der Waals surface area (Å²) in [5.41, 5.74) is 7.54. The highest BCUT2D eigenvalue weighted by molar-refractivity contribution is 5.32. The van der Waals surface area contributed by atoms with Crippen LogP contribution in [0.4, 0.5) is 0 Å². The molecule has 0 amide bonds. The molecular weight excluding hydrogens is 262 g/mol. The van der Waals surface area contributed by atoms with Crippen LogP contribution in [0.15, 0.2) is 24.3 Å². The topological polar surface area (TPSA) is 44.5 Å². The number of methoxy groups -OCH3 is 1. The summed E-state index contributed by atoms with van der Waals surface area (Å²) in [6.07, 6.45) is 9.89. The van der Waals surface area contributed by atoms with Crippen LogP contribution in [-0.2, 0) is 4.74 Å². The molecule has 0 heterocycles. The Labute approximate surface area is 127 Å². The highest BCUT2D eigenvalue weighted by Crippen LogP contribution is 2.39. The van der Waals surface area contributed by atoms with Crippen LogP contribution in [0.1, 0.15) is 63.0 Å². The number of nitrogens with two attached hydrogens (primary N) is 1. The molecule has 2 fully saturated rings. The smallest absolute Gasteiger partial charge is 0.120 e. The molecule has 1 atom stereocenters. The minimum atomic E-state index is -0.214. The number of benzene rings is 1. The fourth-order valence-corrected chi connectivity index (χ4v) is 3.43. The molecule has 0 saturated heterocycles. The molecule has 1 aromatic rings. The summed E-state index contributed by atoms with van der Waals surface area (Å²) in [4.78, 5) is 0. The molecule has 0 bridgehead atoms. The average molecular weight is 289 g/mol. The standard InChI is InChI=1S/C18H27NO2/c1-20-18(11-4-2-3-5-12-18)17(19)14-7-6-8-16(13-14)21-15-9-10-15/h6-8,13,15,17H,2-5,9-12,19H2,1H3. The molecule has 2 aliphatic rings. The third-order valence-electron chi connectivity index (χ3n) is 4.97. The van der Waals surface area contributed by atoms with E-state index in [1.807, 2.05) is 19.2 Å². The summed E-state index contributed by atoms with van der Waals surface area (Å²) >= 11 is 0. The Morgan fingerprint density at radius 2 is 1.86 bits per heavy atom. The van der Waals surface area contributed by atoms with Gasteiger partial charge < -0.3 is 15.2 Å². The monoisotopic (exact) mass is 289 g/mol. The van der Waals surface area contributed by atoms with Gasteiger partial charge >= 0.3 is 0 Å². The molecule has 0 aliphatic heterocycles. The van der Waals surface area contributed by atoms with Crippen molar-refractivity contribution in [2.75, 3.05) is 7.11 Å². The summed E-state index contributed by atoms with van der Waals surface area (Å²) in [5.74, 6) is 0.949. The van der Waals surface area contributed by atoms with Gasteiger partial charge in [-0.2, -0.15) is 0 Å². The summed E-state index contributed by atoms with van der Waals surface area (Å²) in [6.45, 7) is 0. The van der Waals surface area contributed by atoms with E-state index in [2.05, 4.69) is 12.1 Å². The molecule has 21 heavy (non-hydrogen) atoms. The van der Waals surface area contributed by atoms with E-state index in [-0.39, 0.29) is 11.6 Å². The summed E-state index contributed by atoms with van der Waals surface area (Å²) in [7, 11) is 1.82. The first kappa shape index (κ1) is 14.9. The van der Waals surface area contributed by atoms with Gasteiger partial charge in [-0.3, -0.25) is 0 Å². The lowest BCUT2D eigenvalue weighted by molar-refractivity contribution is -0.0442. The molecule has 1 aromatic carbocycles. The highest BCUT2D eigenvalue weighted by Gasteiger charge is 2.38. The van der Waals surface area contributed by atoms with Crippen LogP contribution in [0.5, 0.6) is 5.75 Å². The number of rotatable bonds is 5. The SMILES string of the molecule is COC1(C(N)c2cccc(OC3CC3)c2)CCCCCC1. The van der Waals surface area contributed by atoms with Gasteiger partial charge in [0.2, 0.25) is 0 Å². The third-order valence-corrected chi connectivity index (χ3v) is 4.97. The summed E-state index contributed by atoms with van der Waals surface area (Å²) in [6, 6.07) is 8.21. The Morgan fingerprint density at radius 3 is 2.48 bits per heavy atom. The lowest BCUT2D eigenvalue weighted by atomic mass is 9.82. The van der Waals surface area contributed by atoms with Crippen molar-refractivity contribution in [1.82, 2.24) is 0 Å². The molecule has 2 aliphatic carbocycles. The Morgan fingerprint density at radius 1 is 1.14 bits per heavy atom. The third kappa shape index (κ3) is 3.41. The van der Waals surface area contributed by atoms with Gasteiger partial charge in [0, 0.05) is 7.11 Å². The molecule has 2 N–H and O–H groups in total. The van der Waals surface area contributed by atoms with Crippen molar-refractivity contribution in [1.29, 1.82) is 0 Å². The maximum atomic E-state index is 6.62. The fraction of sp³-hybridized carbons (Fsp3) is 0.667. The molecule has 0 spiro atoms. The Hall–Kier alpha value is -1.06. The van der Waals surface area contributed by atoms with Crippen LogP contribution < -0.4 is 10.5 Å². The lowest BCUT2D eigenvalue weighted by Crippen LogP contribution is -2.42. The second kappa shape index (κ2) is 6.37. The maximum absolute atomic E-state index is 6.62. The normalized spacial score (nSPS) is 23.3. The molecule has 0 aromatic heterocycles. The van der Waals surface area contributed by atoms with Crippen molar-refractivity contribution >= 4 is 0 Å². The van der Waals surface area contributed by atoms with Crippen molar-refractivity contribution < 1.29 is 9.47 Å². The van der Waals surface area contributed by atoms with Gasteiger partial charge in [-0.05, 0) is 43.4 Å². The van der Waals surface area contributed by atoms with Gasteiger partial charge in [-0.15, -0.1) is 0 Å². The van der Waals surface area contributed by atoms with Gasteiger partial charge in [0.15, 0.2) is 0 Å². The fourth-order valence-electron chi connectivity index (χ4n) is 3.43. The van der Waals surface area contributed by atoms with Crippen molar-refractivity contribution in [3.8, 4) is 5.75 Å². The second-order valence-corrected chi connectivity index (χ2v) is 6.55. The van der Waals surface area contributed by atoms with Crippen molar-refractivity contribution in [3.63, 3.8) is 0 Å². The van der Waals surface area contributed by atoms with Gasteiger partial charge in [-0.1, -0.05) is 37.8 Å². The summed E-state index contributed by atoms with van der Waals surface area (Å²) < 4.78 is 11.8. The average Bonchev–Trinajstić information content (AvgIpc) is 3.33. The van der Waals surface area contributed by atoms with Crippen LogP contribution in [0.2, 0.25) is 0 Å². The van der Waals surface area contributed by atoms with Gasteiger partial charge in [0.05, 0.1) is 17.7 Å².